The van der Waals surface area contributed by atoms with E-state index in [2.05, 4.69) is 5.32 Å². The number of ether oxygens (including phenoxy) is 1. The normalized spacial score (nSPS) is 17.6. The number of fused-ring (bicyclic) bond motifs is 1. The van der Waals surface area contributed by atoms with Crippen molar-refractivity contribution in [3.8, 4) is 5.75 Å². The predicted molar refractivity (Wildman–Crippen MR) is 68.9 cm³/mol. The zero-order valence-corrected chi connectivity index (χ0v) is 10.1. The molecule has 1 amide bonds. The molecule has 0 aliphatic carbocycles. The van der Waals surface area contributed by atoms with E-state index in [1.165, 1.54) is 0 Å². The Balaban J connectivity index is 2.12. The smallest absolute Gasteiger partial charge is 0.410 e. The quantitative estimate of drug-likeness (QED) is 0.851. The Morgan fingerprint density at radius 2 is 1.89 bits per heavy atom. The average Bonchev–Trinajstić information content (AvgIpc) is 2.39. The standard InChI is InChI=1S/C14H10ClNO2/c15-10-6-7-12-11(8-10)13(16-14(17)18-12)9-4-2-1-3-5-9/h1-8,13H,(H,16,17). The van der Waals surface area contributed by atoms with Gasteiger partial charge in [0.05, 0.1) is 6.04 Å². The summed E-state index contributed by atoms with van der Waals surface area (Å²) in [6, 6.07) is 14.7. The Labute approximate surface area is 109 Å². The van der Waals surface area contributed by atoms with Gasteiger partial charge in [-0.1, -0.05) is 41.9 Å². The molecule has 0 saturated carbocycles. The molecule has 0 fully saturated rings. The fourth-order valence-corrected chi connectivity index (χ4v) is 2.25. The van der Waals surface area contributed by atoms with Crippen LogP contribution < -0.4 is 10.1 Å². The van der Waals surface area contributed by atoms with Crippen molar-refractivity contribution in [1.82, 2.24) is 5.32 Å². The van der Waals surface area contributed by atoms with Crippen molar-refractivity contribution < 1.29 is 9.53 Å². The van der Waals surface area contributed by atoms with Gasteiger partial charge in [0.1, 0.15) is 5.75 Å². The van der Waals surface area contributed by atoms with Gasteiger partial charge in [-0.3, -0.25) is 0 Å². The molecule has 1 aliphatic heterocycles. The van der Waals surface area contributed by atoms with Crippen LogP contribution >= 0.6 is 11.6 Å². The molecular weight excluding hydrogens is 250 g/mol. The molecule has 1 heterocycles. The highest BCUT2D eigenvalue weighted by molar-refractivity contribution is 6.30. The van der Waals surface area contributed by atoms with Crippen molar-refractivity contribution in [3.05, 3.63) is 64.7 Å². The summed E-state index contributed by atoms with van der Waals surface area (Å²) in [6.07, 6.45) is -0.446. The summed E-state index contributed by atoms with van der Waals surface area (Å²) < 4.78 is 5.13. The van der Waals surface area contributed by atoms with E-state index in [4.69, 9.17) is 16.3 Å². The van der Waals surface area contributed by atoms with Crippen LogP contribution in [0.3, 0.4) is 0 Å². The van der Waals surface area contributed by atoms with Crippen LogP contribution in [-0.2, 0) is 0 Å². The highest BCUT2D eigenvalue weighted by atomic mass is 35.5. The third-order valence-corrected chi connectivity index (χ3v) is 3.12. The number of hydrogen-bond donors (Lipinski definition) is 1. The van der Waals surface area contributed by atoms with E-state index in [9.17, 15) is 4.79 Å². The Bertz CT molecular complexity index is 598. The summed E-state index contributed by atoms with van der Waals surface area (Å²) in [4.78, 5) is 11.5. The largest absolute Gasteiger partial charge is 0.413 e. The van der Waals surface area contributed by atoms with E-state index in [-0.39, 0.29) is 6.04 Å². The van der Waals surface area contributed by atoms with Crippen LogP contribution in [0.15, 0.2) is 48.5 Å². The first kappa shape index (κ1) is 11.1. The van der Waals surface area contributed by atoms with Gasteiger partial charge in [-0.25, -0.2) is 4.79 Å². The molecule has 0 spiro atoms. The molecule has 18 heavy (non-hydrogen) atoms. The molecule has 90 valence electrons. The molecule has 1 aliphatic rings. The Morgan fingerprint density at radius 1 is 1.11 bits per heavy atom. The maximum atomic E-state index is 11.5. The van der Waals surface area contributed by atoms with Gasteiger partial charge in [-0.05, 0) is 23.8 Å². The second-order valence-electron chi connectivity index (χ2n) is 4.06. The minimum absolute atomic E-state index is 0.221. The second-order valence-corrected chi connectivity index (χ2v) is 4.50. The van der Waals surface area contributed by atoms with Crippen LogP contribution in [0.1, 0.15) is 17.2 Å². The zero-order chi connectivity index (χ0) is 12.5. The topological polar surface area (TPSA) is 38.3 Å². The summed E-state index contributed by atoms with van der Waals surface area (Å²) in [5.41, 5.74) is 1.87. The van der Waals surface area contributed by atoms with E-state index in [1.54, 1.807) is 12.1 Å². The zero-order valence-electron chi connectivity index (χ0n) is 9.39. The maximum absolute atomic E-state index is 11.5. The van der Waals surface area contributed by atoms with Gasteiger partial charge in [-0.15, -0.1) is 0 Å². The first-order valence-electron chi connectivity index (χ1n) is 5.57. The first-order valence-corrected chi connectivity index (χ1v) is 5.94. The van der Waals surface area contributed by atoms with E-state index in [1.807, 2.05) is 36.4 Å². The van der Waals surface area contributed by atoms with Crippen molar-refractivity contribution in [2.45, 2.75) is 6.04 Å². The maximum Gasteiger partial charge on any atom is 0.413 e. The average molecular weight is 260 g/mol. The molecule has 1 atom stereocenters. The van der Waals surface area contributed by atoms with Crippen molar-refractivity contribution in [2.24, 2.45) is 0 Å². The van der Waals surface area contributed by atoms with Crippen molar-refractivity contribution in [1.29, 1.82) is 0 Å². The fourth-order valence-electron chi connectivity index (χ4n) is 2.07. The second kappa shape index (κ2) is 4.35. The van der Waals surface area contributed by atoms with Gasteiger partial charge in [0.25, 0.3) is 0 Å². The lowest BCUT2D eigenvalue weighted by Crippen LogP contribution is -2.36. The summed E-state index contributed by atoms with van der Waals surface area (Å²) >= 11 is 6.00. The molecule has 1 N–H and O–H groups in total. The van der Waals surface area contributed by atoms with Gasteiger partial charge in [0, 0.05) is 10.6 Å². The summed E-state index contributed by atoms with van der Waals surface area (Å²) in [5.74, 6) is 0.553. The Hall–Kier alpha value is -2.00. The molecule has 4 heteroatoms. The van der Waals surface area contributed by atoms with Crippen molar-refractivity contribution in [2.75, 3.05) is 0 Å². The van der Waals surface area contributed by atoms with Crippen LogP contribution in [0, 0.1) is 0 Å². The lowest BCUT2D eigenvalue weighted by molar-refractivity contribution is 0.191. The van der Waals surface area contributed by atoms with Gasteiger partial charge in [0.15, 0.2) is 0 Å². The van der Waals surface area contributed by atoms with Crippen LogP contribution in [0.25, 0.3) is 0 Å². The van der Waals surface area contributed by atoms with E-state index in [0.29, 0.717) is 10.8 Å². The Kier molecular flexibility index (Phi) is 2.68. The molecule has 3 nitrogen and oxygen atoms in total. The highest BCUT2D eigenvalue weighted by Gasteiger charge is 2.27. The van der Waals surface area contributed by atoms with Crippen LogP contribution in [0.2, 0.25) is 5.02 Å². The molecule has 1 unspecified atom stereocenters. The number of nitrogens with one attached hydrogen (secondary N) is 1. The van der Waals surface area contributed by atoms with Crippen molar-refractivity contribution >= 4 is 17.7 Å². The number of benzene rings is 2. The molecule has 3 rings (SSSR count). The lowest BCUT2D eigenvalue weighted by Gasteiger charge is -2.26. The molecule has 0 aromatic heterocycles. The molecule has 0 bridgehead atoms. The van der Waals surface area contributed by atoms with Gasteiger partial charge >= 0.3 is 6.09 Å². The number of rotatable bonds is 1. The number of halogens is 1. The monoisotopic (exact) mass is 259 g/mol. The predicted octanol–water partition coefficient (Wildman–Crippen LogP) is 3.53. The van der Waals surface area contributed by atoms with Gasteiger partial charge in [0.2, 0.25) is 0 Å². The van der Waals surface area contributed by atoms with Crippen molar-refractivity contribution in [3.63, 3.8) is 0 Å². The van der Waals surface area contributed by atoms with E-state index >= 15 is 0 Å². The summed E-state index contributed by atoms with van der Waals surface area (Å²) in [6.45, 7) is 0. The first-order chi connectivity index (χ1) is 8.74. The molecular formula is C14H10ClNO2. The van der Waals surface area contributed by atoms with Gasteiger partial charge < -0.3 is 10.1 Å². The van der Waals surface area contributed by atoms with E-state index < -0.39 is 6.09 Å². The lowest BCUT2D eigenvalue weighted by atomic mass is 9.97. The van der Waals surface area contributed by atoms with E-state index in [0.717, 1.165) is 11.1 Å². The SMILES string of the molecule is O=C1NC(c2ccccc2)c2cc(Cl)ccc2O1. The fraction of sp³-hybridized carbons (Fsp3) is 0.0714. The molecule has 0 radical (unpaired) electrons. The number of hydrogen-bond acceptors (Lipinski definition) is 2. The highest BCUT2D eigenvalue weighted by Crippen LogP contribution is 2.35. The summed E-state index contributed by atoms with van der Waals surface area (Å²) in [7, 11) is 0. The Morgan fingerprint density at radius 3 is 2.67 bits per heavy atom. The molecule has 2 aromatic rings. The minimum Gasteiger partial charge on any atom is -0.410 e. The van der Waals surface area contributed by atoms with Crippen LogP contribution in [0.5, 0.6) is 5.75 Å². The molecule has 0 saturated heterocycles. The van der Waals surface area contributed by atoms with Gasteiger partial charge in [-0.2, -0.15) is 0 Å². The molecule has 2 aromatic carbocycles. The number of carbonyl (C=O) groups is 1. The van der Waals surface area contributed by atoms with Crippen LogP contribution in [0.4, 0.5) is 4.79 Å². The summed E-state index contributed by atoms with van der Waals surface area (Å²) in [5, 5.41) is 3.42. The third-order valence-electron chi connectivity index (χ3n) is 2.88. The third kappa shape index (κ3) is 1.93. The minimum atomic E-state index is -0.446. The number of amides is 1. The number of carbonyl (C=O) groups excluding carboxylic acids is 1. The van der Waals surface area contributed by atoms with Crippen LogP contribution in [-0.4, -0.2) is 6.09 Å².